The van der Waals surface area contributed by atoms with Crippen molar-refractivity contribution in [2.75, 3.05) is 18.4 Å². The van der Waals surface area contributed by atoms with Crippen molar-refractivity contribution in [3.8, 4) is 5.75 Å². The number of carbonyl (C=O) groups is 1. The molecule has 1 N–H and O–H groups in total. The average molecular weight is 417 g/mol. The zero-order valence-corrected chi connectivity index (χ0v) is 17.7. The normalized spacial score (nSPS) is 14.9. The predicted molar refractivity (Wildman–Crippen MR) is 114 cm³/mol. The van der Waals surface area contributed by atoms with Crippen LogP contribution in [0.2, 0.25) is 0 Å². The molecule has 29 heavy (non-hydrogen) atoms. The molecule has 1 aliphatic carbocycles. The van der Waals surface area contributed by atoms with Gasteiger partial charge in [-0.3, -0.25) is 4.79 Å². The van der Waals surface area contributed by atoms with Crippen LogP contribution in [0.15, 0.2) is 53.4 Å². The summed E-state index contributed by atoms with van der Waals surface area (Å²) >= 11 is 0. The van der Waals surface area contributed by atoms with Crippen molar-refractivity contribution >= 4 is 21.6 Å². The zero-order valence-electron chi connectivity index (χ0n) is 16.9. The molecular formula is C22H28N2O4S. The molecule has 0 aromatic heterocycles. The van der Waals surface area contributed by atoms with Crippen LogP contribution < -0.4 is 10.1 Å². The van der Waals surface area contributed by atoms with Gasteiger partial charge in [-0.25, -0.2) is 8.42 Å². The SMILES string of the molecule is CCN(CC)S(=O)(=O)c1cccc(C(=O)Nc2ccc(OC3CCCC3)cc2)c1. The topological polar surface area (TPSA) is 75.7 Å². The molecule has 0 aliphatic heterocycles. The molecule has 0 spiro atoms. The fourth-order valence-corrected chi connectivity index (χ4v) is 5.03. The van der Waals surface area contributed by atoms with Crippen molar-refractivity contribution in [1.82, 2.24) is 4.31 Å². The number of benzene rings is 2. The van der Waals surface area contributed by atoms with E-state index < -0.39 is 10.0 Å². The van der Waals surface area contributed by atoms with E-state index in [9.17, 15) is 13.2 Å². The number of nitrogens with zero attached hydrogens (tertiary/aromatic N) is 1. The summed E-state index contributed by atoms with van der Waals surface area (Å²) in [5.74, 6) is 0.438. The largest absolute Gasteiger partial charge is 0.490 e. The summed E-state index contributed by atoms with van der Waals surface area (Å²) in [4.78, 5) is 12.7. The highest BCUT2D eigenvalue weighted by Crippen LogP contribution is 2.25. The minimum atomic E-state index is -3.61. The molecule has 156 valence electrons. The van der Waals surface area contributed by atoms with Crippen molar-refractivity contribution in [2.45, 2.75) is 50.5 Å². The maximum absolute atomic E-state index is 12.7. The quantitative estimate of drug-likeness (QED) is 0.696. The smallest absolute Gasteiger partial charge is 0.255 e. The van der Waals surface area contributed by atoms with Crippen molar-refractivity contribution < 1.29 is 17.9 Å². The Kier molecular flexibility index (Phi) is 6.92. The second-order valence-electron chi connectivity index (χ2n) is 7.12. The van der Waals surface area contributed by atoms with E-state index >= 15 is 0 Å². The average Bonchev–Trinajstić information content (AvgIpc) is 3.23. The summed E-state index contributed by atoms with van der Waals surface area (Å²) < 4.78 is 32.7. The Hall–Kier alpha value is -2.38. The third-order valence-electron chi connectivity index (χ3n) is 5.16. The van der Waals surface area contributed by atoms with E-state index in [2.05, 4.69) is 5.32 Å². The number of amides is 1. The van der Waals surface area contributed by atoms with Gasteiger partial charge in [0, 0.05) is 24.3 Å². The first-order valence-electron chi connectivity index (χ1n) is 10.1. The molecule has 0 atom stereocenters. The van der Waals surface area contributed by atoms with Crippen LogP contribution in [-0.4, -0.2) is 37.8 Å². The lowest BCUT2D eigenvalue weighted by Crippen LogP contribution is -2.30. The van der Waals surface area contributed by atoms with Crippen LogP contribution >= 0.6 is 0 Å². The number of sulfonamides is 1. The molecule has 0 saturated heterocycles. The number of hydrogen-bond donors (Lipinski definition) is 1. The third-order valence-corrected chi connectivity index (χ3v) is 7.20. The van der Waals surface area contributed by atoms with Crippen LogP contribution in [0.25, 0.3) is 0 Å². The molecule has 1 fully saturated rings. The van der Waals surface area contributed by atoms with Gasteiger partial charge in [0.15, 0.2) is 0 Å². The molecule has 3 rings (SSSR count). The number of hydrogen-bond acceptors (Lipinski definition) is 4. The van der Waals surface area contributed by atoms with E-state index in [1.54, 1.807) is 38.1 Å². The summed E-state index contributed by atoms with van der Waals surface area (Å²) in [6.07, 6.45) is 4.88. The van der Waals surface area contributed by atoms with E-state index in [0.29, 0.717) is 24.3 Å². The highest BCUT2D eigenvalue weighted by Gasteiger charge is 2.22. The van der Waals surface area contributed by atoms with Crippen LogP contribution in [0.4, 0.5) is 5.69 Å². The summed E-state index contributed by atoms with van der Waals surface area (Å²) in [5.41, 5.74) is 0.926. The second-order valence-corrected chi connectivity index (χ2v) is 9.06. The molecule has 2 aromatic rings. The standard InChI is InChI=1S/C22H28N2O4S/c1-3-24(4-2)29(26,27)21-11-7-8-17(16-21)22(25)23-18-12-14-20(15-13-18)28-19-9-5-6-10-19/h7-8,11-16,19H,3-6,9-10H2,1-2H3,(H,23,25). The van der Waals surface area contributed by atoms with Crippen molar-refractivity contribution in [3.05, 3.63) is 54.1 Å². The number of carbonyl (C=O) groups excluding carboxylic acids is 1. The third kappa shape index (κ3) is 5.16. The molecular weight excluding hydrogens is 388 g/mol. The van der Waals surface area contributed by atoms with Gasteiger partial charge in [-0.1, -0.05) is 19.9 Å². The minimum absolute atomic E-state index is 0.120. The van der Waals surface area contributed by atoms with E-state index in [1.165, 1.54) is 29.3 Å². The summed E-state index contributed by atoms with van der Waals surface area (Å²) in [7, 11) is -3.61. The fourth-order valence-electron chi connectivity index (χ4n) is 3.53. The molecule has 7 heteroatoms. The molecule has 0 unspecified atom stereocenters. The van der Waals surface area contributed by atoms with Crippen molar-refractivity contribution in [2.24, 2.45) is 0 Å². The number of ether oxygens (including phenoxy) is 1. The number of nitrogens with one attached hydrogen (secondary N) is 1. The first-order chi connectivity index (χ1) is 13.9. The molecule has 0 bridgehead atoms. The Balaban J connectivity index is 1.69. The van der Waals surface area contributed by atoms with Crippen LogP contribution in [0, 0.1) is 0 Å². The Morgan fingerprint density at radius 3 is 2.34 bits per heavy atom. The van der Waals surface area contributed by atoms with Crippen LogP contribution in [-0.2, 0) is 10.0 Å². The van der Waals surface area contributed by atoms with E-state index in [-0.39, 0.29) is 16.9 Å². The molecule has 0 radical (unpaired) electrons. The van der Waals surface area contributed by atoms with Crippen molar-refractivity contribution in [1.29, 1.82) is 0 Å². The summed E-state index contributed by atoms with van der Waals surface area (Å²) in [6, 6.07) is 13.4. The Bertz CT molecular complexity index is 932. The van der Waals surface area contributed by atoms with Crippen molar-refractivity contribution in [3.63, 3.8) is 0 Å². The van der Waals surface area contributed by atoms with E-state index in [4.69, 9.17) is 4.74 Å². The monoisotopic (exact) mass is 416 g/mol. The Labute approximate surface area is 172 Å². The fraction of sp³-hybridized carbons (Fsp3) is 0.409. The van der Waals surface area contributed by atoms with Gasteiger partial charge in [0.25, 0.3) is 5.91 Å². The van der Waals surface area contributed by atoms with Gasteiger partial charge in [0.05, 0.1) is 11.0 Å². The Morgan fingerprint density at radius 1 is 1.07 bits per heavy atom. The number of anilines is 1. The summed E-state index contributed by atoms with van der Waals surface area (Å²) in [6.45, 7) is 4.34. The molecule has 1 saturated carbocycles. The highest BCUT2D eigenvalue weighted by molar-refractivity contribution is 7.89. The maximum Gasteiger partial charge on any atom is 0.255 e. The highest BCUT2D eigenvalue weighted by atomic mass is 32.2. The minimum Gasteiger partial charge on any atom is -0.490 e. The first kappa shape index (κ1) is 21.3. The van der Waals surface area contributed by atoms with E-state index in [0.717, 1.165) is 18.6 Å². The van der Waals surface area contributed by atoms with Gasteiger partial charge in [0.2, 0.25) is 10.0 Å². The molecule has 1 amide bonds. The molecule has 6 nitrogen and oxygen atoms in total. The van der Waals surface area contributed by atoms with Gasteiger partial charge in [-0.2, -0.15) is 4.31 Å². The molecule has 0 heterocycles. The maximum atomic E-state index is 12.7. The van der Waals surface area contributed by atoms with Crippen LogP contribution in [0.5, 0.6) is 5.75 Å². The lowest BCUT2D eigenvalue weighted by molar-refractivity contribution is 0.102. The zero-order chi connectivity index (χ0) is 20.9. The predicted octanol–water partition coefficient (Wildman–Crippen LogP) is 4.29. The lowest BCUT2D eigenvalue weighted by Gasteiger charge is -2.18. The van der Waals surface area contributed by atoms with Gasteiger partial charge in [-0.05, 0) is 68.1 Å². The van der Waals surface area contributed by atoms with Gasteiger partial charge in [0.1, 0.15) is 5.75 Å². The van der Waals surface area contributed by atoms with Gasteiger partial charge in [-0.15, -0.1) is 0 Å². The van der Waals surface area contributed by atoms with E-state index in [1.807, 2.05) is 12.1 Å². The Morgan fingerprint density at radius 2 is 1.72 bits per heavy atom. The van der Waals surface area contributed by atoms with Crippen LogP contribution in [0.3, 0.4) is 0 Å². The summed E-state index contributed by atoms with van der Waals surface area (Å²) in [5, 5.41) is 2.81. The van der Waals surface area contributed by atoms with Gasteiger partial charge >= 0.3 is 0 Å². The lowest BCUT2D eigenvalue weighted by atomic mass is 10.2. The van der Waals surface area contributed by atoms with Gasteiger partial charge < -0.3 is 10.1 Å². The van der Waals surface area contributed by atoms with Crippen LogP contribution in [0.1, 0.15) is 49.9 Å². The number of rotatable bonds is 8. The second kappa shape index (κ2) is 9.41. The first-order valence-corrected chi connectivity index (χ1v) is 11.6. The molecule has 2 aromatic carbocycles. The molecule has 1 aliphatic rings.